The molecular weight excluding hydrogens is 228 g/mol. The minimum Gasteiger partial charge on any atom is -0.337 e. The van der Waals surface area contributed by atoms with E-state index in [1.54, 1.807) is 6.20 Å². The first kappa shape index (κ1) is 12.7. The van der Waals surface area contributed by atoms with Crippen LogP contribution in [0.2, 0.25) is 0 Å². The lowest BCUT2D eigenvalue weighted by atomic mass is 10.2. The van der Waals surface area contributed by atoms with Crippen molar-refractivity contribution in [3.8, 4) is 11.5 Å². The highest BCUT2D eigenvalue weighted by Crippen LogP contribution is 2.13. The third-order valence-corrected chi connectivity index (χ3v) is 2.44. The molecule has 5 heteroatoms. The average molecular weight is 246 g/mol. The maximum absolute atomic E-state index is 5.18. The van der Waals surface area contributed by atoms with Crippen molar-refractivity contribution >= 4 is 0 Å². The summed E-state index contributed by atoms with van der Waals surface area (Å²) in [6, 6.07) is 3.88. The fourth-order valence-electron chi connectivity index (χ4n) is 1.56. The molecule has 2 rings (SSSR count). The van der Waals surface area contributed by atoms with Gasteiger partial charge in [0.05, 0.1) is 6.54 Å². The maximum Gasteiger partial charge on any atom is 0.240 e. The molecule has 2 aromatic rings. The highest BCUT2D eigenvalue weighted by atomic mass is 16.5. The summed E-state index contributed by atoms with van der Waals surface area (Å²) in [5.74, 6) is 1.74. The molecule has 0 saturated heterocycles. The number of pyridine rings is 1. The largest absolute Gasteiger partial charge is 0.337 e. The molecule has 0 fully saturated rings. The zero-order valence-electron chi connectivity index (χ0n) is 11.0. The van der Waals surface area contributed by atoms with E-state index in [1.807, 2.05) is 19.1 Å². The zero-order chi connectivity index (χ0) is 13.0. The van der Waals surface area contributed by atoms with Crippen LogP contribution in [0, 0.1) is 12.8 Å². The lowest BCUT2D eigenvalue weighted by Crippen LogP contribution is -2.19. The molecule has 0 aliphatic carbocycles. The quantitative estimate of drug-likeness (QED) is 0.876. The van der Waals surface area contributed by atoms with E-state index in [0.29, 0.717) is 24.2 Å². The Balaban J connectivity index is 2.02. The third-order valence-electron chi connectivity index (χ3n) is 2.44. The van der Waals surface area contributed by atoms with Crippen molar-refractivity contribution in [3.63, 3.8) is 0 Å². The summed E-state index contributed by atoms with van der Waals surface area (Å²) >= 11 is 0. The molecule has 0 bridgehead atoms. The molecule has 0 radical (unpaired) electrons. The average Bonchev–Trinajstić information content (AvgIpc) is 2.77. The van der Waals surface area contributed by atoms with Crippen LogP contribution in [-0.4, -0.2) is 21.7 Å². The van der Waals surface area contributed by atoms with Gasteiger partial charge in [-0.2, -0.15) is 4.98 Å². The molecule has 18 heavy (non-hydrogen) atoms. The summed E-state index contributed by atoms with van der Waals surface area (Å²) in [7, 11) is 0. The van der Waals surface area contributed by atoms with Crippen molar-refractivity contribution in [3.05, 3.63) is 29.8 Å². The number of rotatable bonds is 5. The number of aromatic nitrogens is 3. The molecule has 0 saturated carbocycles. The molecule has 1 N–H and O–H groups in total. The molecule has 0 unspecified atom stereocenters. The first-order chi connectivity index (χ1) is 8.65. The summed E-state index contributed by atoms with van der Waals surface area (Å²) in [5.41, 5.74) is 1.87. The number of nitrogens with zero attached hydrogens (tertiary/aromatic N) is 3. The number of aryl methyl sites for hydroxylation is 1. The maximum atomic E-state index is 5.18. The Bertz CT molecular complexity index is 507. The Morgan fingerprint density at radius 2 is 2.22 bits per heavy atom. The Morgan fingerprint density at radius 1 is 1.39 bits per heavy atom. The molecule has 0 atom stereocenters. The minimum atomic E-state index is 0.542. The van der Waals surface area contributed by atoms with Crippen molar-refractivity contribution in [1.29, 1.82) is 0 Å². The van der Waals surface area contributed by atoms with Gasteiger partial charge in [-0.15, -0.1) is 0 Å². The van der Waals surface area contributed by atoms with E-state index in [9.17, 15) is 0 Å². The molecule has 0 spiro atoms. The van der Waals surface area contributed by atoms with Gasteiger partial charge in [0.1, 0.15) is 5.69 Å². The minimum absolute atomic E-state index is 0.542. The zero-order valence-corrected chi connectivity index (χ0v) is 11.0. The molecule has 0 aliphatic rings. The van der Waals surface area contributed by atoms with E-state index in [0.717, 1.165) is 17.8 Å². The van der Waals surface area contributed by atoms with Crippen molar-refractivity contribution in [2.45, 2.75) is 27.3 Å². The standard InChI is InChI=1S/C13H18N4O/c1-9(2)7-14-8-12-16-13(17-18-12)11-6-10(3)4-5-15-11/h4-6,9,14H,7-8H2,1-3H3. The van der Waals surface area contributed by atoms with Gasteiger partial charge in [-0.3, -0.25) is 4.98 Å². The predicted octanol–water partition coefficient (Wildman–Crippen LogP) is 2.19. The smallest absolute Gasteiger partial charge is 0.240 e. The van der Waals surface area contributed by atoms with Gasteiger partial charge in [0, 0.05) is 6.20 Å². The van der Waals surface area contributed by atoms with Crippen LogP contribution in [0.25, 0.3) is 11.5 Å². The molecule has 5 nitrogen and oxygen atoms in total. The normalized spacial score (nSPS) is 11.1. The van der Waals surface area contributed by atoms with Crippen molar-refractivity contribution < 1.29 is 4.52 Å². The van der Waals surface area contributed by atoms with Gasteiger partial charge in [-0.05, 0) is 37.1 Å². The summed E-state index contributed by atoms with van der Waals surface area (Å²) in [6.45, 7) is 7.85. The van der Waals surface area contributed by atoms with E-state index >= 15 is 0 Å². The second-order valence-corrected chi connectivity index (χ2v) is 4.75. The molecule has 0 aliphatic heterocycles. The fourth-order valence-corrected chi connectivity index (χ4v) is 1.56. The molecule has 0 amide bonds. The van der Waals surface area contributed by atoms with E-state index in [-0.39, 0.29) is 0 Å². The van der Waals surface area contributed by atoms with Crippen LogP contribution in [0.15, 0.2) is 22.9 Å². The SMILES string of the molecule is Cc1ccnc(-c2noc(CNCC(C)C)n2)c1. The Labute approximate surface area is 107 Å². The van der Waals surface area contributed by atoms with Crippen LogP contribution in [-0.2, 0) is 6.54 Å². The van der Waals surface area contributed by atoms with Crippen LogP contribution in [0.4, 0.5) is 0 Å². The second kappa shape index (κ2) is 5.73. The van der Waals surface area contributed by atoms with Gasteiger partial charge in [0.25, 0.3) is 0 Å². The molecule has 96 valence electrons. The fraction of sp³-hybridized carbons (Fsp3) is 0.462. The number of hydrogen-bond acceptors (Lipinski definition) is 5. The van der Waals surface area contributed by atoms with E-state index in [4.69, 9.17) is 4.52 Å². The lowest BCUT2D eigenvalue weighted by molar-refractivity contribution is 0.364. The van der Waals surface area contributed by atoms with Gasteiger partial charge in [-0.1, -0.05) is 19.0 Å². The van der Waals surface area contributed by atoms with Crippen molar-refractivity contribution in [2.24, 2.45) is 5.92 Å². The highest BCUT2D eigenvalue weighted by Gasteiger charge is 2.09. The Kier molecular flexibility index (Phi) is 4.04. The summed E-state index contributed by atoms with van der Waals surface area (Å²) in [6.07, 6.45) is 1.75. The molecular formula is C13H18N4O. The van der Waals surface area contributed by atoms with Gasteiger partial charge >= 0.3 is 0 Å². The lowest BCUT2D eigenvalue weighted by Gasteiger charge is -2.03. The topological polar surface area (TPSA) is 63.8 Å². The van der Waals surface area contributed by atoms with Crippen LogP contribution in [0.5, 0.6) is 0 Å². The van der Waals surface area contributed by atoms with Crippen LogP contribution < -0.4 is 5.32 Å². The Hall–Kier alpha value is -1.75. The highest BCUT2D eigenvalue weighted by molar-refractivity contribution is 5.48. The molecule has 2 aromatic heterocycles. The Morgan fingerprint density at radius 3 is 2.94 bits per heavy atom. The van der Waals surface area contributed by atoms with Crippen molar-refractivity contribution in [2.75, 3.05) is 6.54 Å². The predicted molar refractivity (Wildman–Crippen MR) is 68.8 cm³/mol. The van der Waals surface area contributed by atoms with Crippen LogP contribution >= 0.6 is 0 Å². The van der Waals surface area contributed by atoms with E-state index < -0.39 is 0 Å². The van der Waals surface area contributed by atoms with Crippen molar-refractivity contribution in [1.82, 2.24) is 20.4 Å². The van der Waals surface area contributed by atoms with Gasteiger partial charge in [0.2, 0.25) is 11.7 Å². The second-order valence-electron chi connectivity index (χ2n) is 4.75. The summed E-state index contributed by atoms with van der Waals surface area (Å²) in [5, 5.41) is 7.20. The van der Waals surface area contributed by atoms with E-state index in [2.05, 4.69) is 34.3 Å². The summed E-state index contributed by atoms with van der Waals surface area (Å²) < 4.78 is 5.18. The monoisotopic (exact) mass is 246 g/mol. The van der Waals surface area contributed by atoms with Gasteiger partial charge in [-0.25, -0.2) is 0 Å². The third kappa shape index (κ3) is 3.37. The summed E-state index contributed by atoms with van der Waals surface area (Å²) in [4.78, 5) is 8.54. The molecule has 2 heterocycles. The first-order valence-electron chi connectivity index (χ1n) is 6.11. The van der Waals surface area contributed by atoms with Gasteiger partial charge in [0.15, 0.2) is 0 Å². The first-order valence-corrected chi connectivity index (χ1v) is 6.11. The number of nitrogens with one attached hydrogen (secondary N) is 1. The van der Waals surface area contributed by atoms with Gasteiger partial charge < -0.3 is 9.84 Å². The number of hydrogen-bond donors (Lipinski definition) is 1. The van der Waals surface area contributed by atoms with Crippen LogP contribution in [0.1, 0.15) is 25.3 Å². The van der Waals surface area contributed by atoms with Crippen LogP contribution in [0.3, 0.4) is 0 Å². The molecule has 0 aromatic carbocycles. The van der Waals surface area contributed by atoms with E-state index in [1.165, 1.54) is 0 Å².